The number of aromatic nitrogens is 2. The van der Waals surface area contributed by atoms with Crippen LogP contribution in [0.3, 0.4) is 0 Å². The van der Waals surface area contributed by atoms with Gasteiger partial charge in [0.2, 0.25) is 5.89 Å². The molecule has 0 aliphatic heterocycles. The third-order valence-corrected chi connectivity index (χ3v) is 4.02. The number of nitro benzene ring substituents is 1. The van der Waals surface area contributed by atoms with Gasteiger partial charge < -0.3 is 9.15 Å². The normalized spacial score (nSPS) is 11.8. The number of nitro groups is 1. The van der Waals surface area contributed by atoms with E-state index < -0.39 is 17.0 Å². The summed E-state index contributed by atoms with van der Waals surface area (Å²) < 4.78 is 10.9. The van der Waals surface area contributed by atoms with Crippen molar-refractivity contribution in [2.45, 2.75) is 26.4 Å². The van der Waals surface area contributed by atoms with E-state index >= 15 is 0 Å². The average molecular weight is 367 g/mol. The number of rotatable bonds is 6. The fourth-order valence-electron chi connectivity index (χ4n) is 2.49. The molecule has 0 amide bonds. The van der Waals surface area contributed by atoms with E-state index in [-0.39, 0.29) is 23.9 Å². The van der Waals surface area contributed by atoms with Crippen molar-refractivity contribution in [3.8, 4) is 11.5 Å². The summed E-state index contributed by atoms with van der Waals surface area (Å²) in [6.07, 6.45) is -0.554. The van der Waals surface area contributed by atoms with E-state index in [2.05, 4.69) is 10.2 Å². The molecule has 1 heterocycles. The minimum atomic E-state index is -0.708. The van der Waals surface area contributed by atoms with Crippen LogP contribution in [0.4, 0.5) is 5.69 Å². The molecule has 8 nitrogen and oxygen atoms in total. The van der Waals surface area contributed by atoms with E-state index in [4.69, 9.17) is 9.15 Å². The maximum atomic E-state index is 12.2. The minimum Gasteiger partial charge on any atom is -0.452 e. The van der Waals surface area contributed by atoms with Crippen LogP contribution in [0.2, 0.25) is 0 Å². The highest BCUT2D eigenvalue weighted by molar-refractivity contribution is 5.73. The molecule has 1 unspecified atom stereocenters. The standard InChI is InChI=1S/C19H17N3O5/c1-12-5-3-4-6-15(12)11-17(23)26-13(2)18-20-21-19(27-18)14-7-9-16(10-8-14)22(24)25/h3-10,13H,11H2,1-2H3. The van der Waals surface area contributed by atoms with Gasteiger partial charge in [-0.05, 0) is 37.1 Å². The first-order chi connectivity index (χ1) is 12.9. The van der Waals surface area contributed by atoms with Crippen molar-refractivity contribution in [1.29, 1.82) is 0 Å². The van der Waals surface area contributed by atoms with Crippen LogP contribution in [-0.4, -0.2) is 21.1 Å². The predicted molar refractivity (Wildman–Crippen MR) is 95.8 cm³/mol. The molecule has 3 rings (SSSR count). The van der Waals surface area contributed by atoms with Crippen LogP contribution in [0.25, 0.3) is 11.5 Å². The zero-order valence-corrected chi connectivity index (χ0v) is 14.8. The molecule has 1 aromatic heterocycles. The molecule has 1 atom stereocenters. The second kappa shape index (κ2) is 7.77. The Balaban J connectivity index is 1.66. The molecule has 0 radical (unpaired) electrons. The molecule has 8 heteroatoms. The zero-order chi connectivity index (χ0) is 19.4. The van der Waals surface area contributed by atoms with E-state index in [0.29, 0.717) is 5.56 Å². The summed E-state index contributed by atoms with van der Waals surface area (Å²) in [7, 11) is 0. The molecule has 0 aliphatic carbocycles. The molecule has 3 aromatic rings. The van der Waals surface area contributed by atoms with Crippen LogP contribution >= 0.6 is 0 Å². The highest BCUT2D eigenvalue weighted by Crippen LogP contribution is 2.24. The summed E-state index contributed by atoms with van der Waals surface area (Å²) in [4.78, 5) is 22.4. The van der Waals surface area contributed by atoms with Gasteiger partial charge in [-0.2, -0.15) is 0 Å². The second-order valence-electron chi connectivity index (χ2n) is 5.98. The van der Waals surface area contributed by atoms with Crippen molar-refractivity contribution in [1.82, 2.24) is 10.2 Å². The molecular formula is C19H17N3O5. The number of aryl methyl sites for hydroxylation is 1. The molecule has 0 bridgehead atoms. The Hall–Kier alpha value is -3.55. The molecular weight excluding hydrogens is 350 g/mol. The number of ether oxygens (including phenoxy) is 1. The number of carbonyl (C=O) groups is 1. The Labute approximate surface area is 155 Å². The van der Waals surface area contributed by atoms with Gasteiger partial charge in [-0.25, -0.2) is 0 Å². The van der Waals surface area contributed by atoms with E-state index in [1.54, 1.807) is 6.92 Å². The van der Waals surface area contributed by atoms with Crippen molar-refractivity contribution >= 4 is 11.7 Å². The smallest absolute Gasteiger partial charge is 0.311 e. The minimum absolute atomic E-state index is 0.0306. The van der Waals surface area contributed by atoms with Crippen molar-refractivity contribution in [3.63, 3.8) is 0 Å². The van der Waals surface area contributed by atoms with E-state index in [1.165, 1.54) is 24.3 Å². The lowest BCUT2D eigenvalue weighted by Crippen LogP contribution is -2.12. The predicted octanol–water partition coefficient (Wildman–Crippen LogP) is 3.80. The lowest BCUT2D eigenvalue weighted by molar-refractivity contribution is -0.384. The Bertz CT molecular complexity index is 965. The number of hydrogen-bond donors (Lipinski definition) is 0. The number of non-ortho nitro benzene ring substituents is 1. The SMILES string of the molecule is Cc1ccccc1CC(=O)OC(C)c1nnc(-c2ccc([N+](=O)[O-])cc2)o1. The topological polar surface area (TPSA) is 108 Å². The van der Waals surface area contributed by atoms with Crippen LogP contribution in [0.5, 0.6) is 0 Å². The van der Waals surface area contributed by atoms with E-state index in [0.717, 1.165) is 11.1 Å². The van der Waals surface area contributed by atoms with Crippen LogP contribution in [0.15, 0.2) is 52.9 Å². The highest BCUT2D eigenvalue weighted by Gasteiger charge is 2.20. The third kappa shape index (κ3) is 4.35. The Kier molecular flexibility index (Phi) is 5.25. The summed E-state index contributed by atoms with van der Waals surface area (Å²) >= 11 is 0. The van der Waals surface area contributed by atoms with Gasteiger partial charge in [-0.15, -0.1) is 10.2 Å². The van der Waals surface area contributed by atoms with Gasteiger partial charge in [0.1, 0.15) is 0 Å². The number of carbonyl (C=O) groups excluding carboxylic acids is 1. The first kappa shape index (κ1) is 18.2. The van der Waals surface area contributed by atoms with E-state index in [9.17, 15) is 14.9 Å². The fourth-order valence-corrected chi connectivity index (χ4v) is 2.49. The summed E-state index contributed by atoms with van der Waals surface area (Å²) in [5.74, 6) is -0.0462. The monoisotopic (exact) mass is 367 g/mol. The molecule has 2 aromatic carbocycles. The van der Waals surface area contributed by atoms with Crippen molar-refractivity contribution in [2.75, 3.05) is 0 Å². The largest absolute Gasteiger partial charge is 0.452 e. The van der Waals surface area contributed by atoms with Crippen molar-refractivity contribution in [2.24, 2.45) is 0 Å². The van der Waals surface area contributed by atoms with Crippen molar-refractivity contribution < 1.29 is 18.9 Å². The van der Waals surface area contributed by atoms with Gasteiger partial charge in [0, 0.05) is 17.7 Å². The quantitative estimate of drug-likeness (QED) is 0.370. The molecule has 138 valence electrons. The third-order valence-electron chi connectivity index (χ3n) is 4.02. The highest BCUT2D eigenvalue weighted by atomic mass is 16.6. The summed E-state index contributed by atoms with van der Waals surface area (Å²) in [6, 6.07) is 13.3. The fraction of sp³-hybridized carbons (Fsp3) is 0.211. The molecule has 0 aliphatic rings. The van der Waals surface area contributed by atoms with E-state index in [1.807, 2.05) is 31.2 Å². The van der Waals surface area contributed by atoms with Gasteiger partial charge >= 0.3 is 5.97 Å². The maximum absolute atomic E-state index is 12.2. The van der Waals surface area contributed by atoms with Crippen LogP contribution in [0, 0.1) is 17.0 Å². The second-order valence-corrected chi connectivity index (χ2v) is 5.98. The van der Waals surface area contributed by atoms with Crippen LogP contribution in [0.1, 0.15) is 30.0 Å². The van der Waals surface area contributed by atoms with Crippen LogP contribution < -0.4 is 0 Å². The summed E-state index contributed by atoms with van der Waals surface area (Å²) in [6.45, 7) is 3.57. The molecule has 0 saturated heterocycles. The van der Waals surface area contributed by atoms with Gasteiger partial charge in [0.05, 0.1) is 11.3 Å². The average Bonchev–Trinajstić information content (AvgIpc) is 3.14. The van der Waals surface area contributed by atoms with Crippen LogP contribution in [-0.2, 0) is 16.0 Å². The zero-order valence-electron chi connectivity index (χ0n) is 14.8. The van der Waals surface area contributed by atoms with Gasteiger partial charge in [-0.3, -0.25) is 14.9 Å². The first-order valence-electron chi connectivity index (χ1n) is 8.26. The lowest BCUT2D eigenvalue weighted by atomic mass is 10.1. The number of nitrogens with zero attached hydrogens (tertiary/aromatic N) is 3. The molecule has 0 spiro atoms. The van der Waals surface area contributed by atoms with Gasteiger partial charge in [0.15, 0.2) is 6.10 Å². The lowest BCUT2D eigenvalue weighted by Gasteiger charge is -2.10. The summed E-state index contributed by atoms with van der Waals surface area (Å²) in [5.41, 5.74) is 2.42. The van der Waals surface area contributed by atoms with Gasteiger partial charge in [-0.1, -0.05) is 24.3 Å². The maximum Gasteiger partial charge on any atom is 0.311 e. The Morgan fingerprint density at radius 2 is 1.89 bits per heavy atom. The molecule has 0 fully saturated rings. The Morgan fingerprint density at radius 1 is 1.19 bits per heavy atom. The molecule has 0 saturated carbocycles. The number of benzene rings is 2. The molecule has 27 heavy (non-hydrogen) atoms. The number of esters is 1. The first-order valence-corrected chi connectivity index (χ1v) is 8.26. The summed E-state index contributed by atoms with van der Waals surface area (Å²) in [5, 5.41) is 18.5. The van der Waals surface area contributed by atoms with Gasteiger partial charge in [0.25, 0.3) is 11.6 Å². The molecule has 0 N–H and O–H groups in total. The number of hydrogen-bond acceptors (Lipinski definition) is 7. The Morgan fingerprint density at radius 3 is 2.56 bits per heavy atom. The van der Waals surface area contributed by atoms with Crippen molar-refractivity contribution in [3.05, 3.63) is 75.7 Å².